The number of aliphatic hydroxyl groups excluding tert-OH is 1. The highest BCUT2D eigenvalue weighted by Crippen LogP contribution is 2.46. The molecule has 3 saturated heterocycles. The zero-order chi connectivity index (χ0) is 92.4. The molecule has 2 atom stereocenters. The number of amides is 7. The largest absolute Gasteiger partial charge is 0.460 e. The molecule has 16 heterocycles. The van der Waals surface area contributed by atoms with Gasteiger partial charge in [-0.15, -0.1) is 79.4 Å². The van der Waals surface area contributed by atoms with Gasteiger partial charge in [-0.25, -0.2) is 0 Å². The third-order valence-electron chi connectivity index (χ3n) is 23.2. The van der Waals surface area contributed by atoms with Crippen LogP contribution >= 0.6 is 79.4 Å². The first-order valence-corrected chi connectivity index (χ1v) is 48.2. The molecule has 2 N–H and O–H groups in total. The molecule has 17 aromatic rings. The summed E-state index contributed by atoms with van der Waals surface area (Å²) in [5.41, 5.74) is 7.47. The van der Waals surface area contributed by atoms with Crippen molar-refractivity contribution in [1.82, 2.24) is 64.4 Å². The van der Waals surface area contributed by atoms with Gasteiger partial charge in [-0.05, 0) is 150 Å². The van der Waals surface area contributed by atoms with Crippen molar-refractivity contribution in [3.8, 4) is 56.6 Å². The first-order valence-electron chi connectivity index (χ1n) is 42.5. The third-order valence-corrected chi connectivity index (χ3v) is 30.9. The normalized spacial score (nSPS) is 14.9. The van der Waals surface area contributed by atoms with Crippen molar-refractivity contribution in [2.24, 2.45) is 7.05 Å². The van der Waals surface area contributed by atoms with E-state index in [0.717, 1.165) is 145 Å². The van der Waals surface area contributed by atoms with Crippen LogP contribution in [0.5, 0.6) is 46.0 Å². The van der Waals surface area contributed by atoms with E-state index in [1.165, 1.54) is 38.9 Å². The highest BCUT2D eigenvalue weighted by atomic mass is 32.1. The van der Waals surface area contributed by atoms with E-state index in [4.69, 9.17) is 32.8 Å². The summed E-state index contributed by atoms with van der Waals surface area (Å²) in [6, 6.07) is 39.9. The molecule has 4 fully saturated rings. The summed E-state index contributed by atoms with van der Waals surface area (Å²) in [6.45, 7) is 11.0. The lowest BCUT2D eigenvalue weighted by Crippen LogP contribution is -2.53. The number of carbonyl (C=O) groups is 7. The number of β-amino-alcohol motifs (C(OH)–C–C–N with tert-alkyl or cyclic N) is 1. The maximum atomic E-state index is 13.0. The fourth-order valence-corrected chi connectivity index (χ4v) is 23.6. The molecule has 13 aromatic heterocycles. The Morgan fingerprint density at radius 3 is 1.19 bits per heavy atom. The van der Waals surface area contributed by atoms with Crippen LogP contribution in [0.4, 0.5) is 0 Å². The van der Waals surface area contributed by atoms with E-state index in [1.807, 2.05) is 139 Å². The summed E-state index contributed by atoms with van der Waals surface area (Å²) >= 11 is 10.5. The number of hydrogen-bond acceptors (Lipinski definition) is 27. The number of ether oxygens (including phenoxy) is 6. The van der Waals surface area contributed by atoms with E-state index < -0.39 is 6.10 Å². The van der Waals surface area contributed by atoms with Crippen molar-refractivity contribution in [3.63, 3.8) is 0 Å². The number of carbonyl (C=O) groups excluding carboxylic acids is 7. The molecule has 1 aliphatic carbocycles. The molecule has 0 bridgehead atoms. The number of thiophene rings is 7. The van der Waals surface area contributed by atoms with Crippen LogP contribution < -0.4 is 24.3 Å². The second-order valence-corrected chi connectivity index (χ2v) is 41.0. The van der Waals surface area contributed by atoms with Gasteiger partial charge in [-0.3, -0.25) is 58.2 Å². The number of benzene rings is 4. The SMILES string of the molecule is CO[C@@H]1CCN(C(=O)c2cc3nccc(Oc4ccc5c(C(=O)N(C)C)c(C)oc5c4)c3s2)C1.CO[C@@H]1CCN(C(=O)c2cc3nccc(Oc4ccc5c(C(=O)NC6CC6)c(C)sc5c4)c3s2)C1.Cc1sc2cc(Oc3ccnc4cc(-c5ccnn5C)sc34)ccc2c1C(=O)N(C)C.Cc1sc2cc(Oc3ccnc4cc(C(=O)N5CC(O)C5)sc34)ccc2c1C(=O)N(C)C. The Hall–Kier alpha value is -12.7. The Morgan fingerprint density at radius 1 is 0.424 bits per heavy atom. The zero-order valence-electron chi connectivity index (χ0n) is 74.3. The summed E-state index contributed by atoms with van der Waals surface area (Å²) < 4.78 is 49.8. The number of pyridine rings is 4. The summed E-state index contributed by atoms with van der Waals surface area (Å²) in [5, 5.41) is 20.4. The Labute approximate surface area is 785 Å². The van der Waals surface area contributed by atoms with Crippen LogP contribution in [0.25, 0.3) is 92.7 Å². The Kier molecular flexibility index (Phi) is 25.6. The summed E-state index contributed by atoms with van der Waals surface area (Å²) in [4.78, 5) is 123. The number of likely N-dealkylation sites (tertiary alicyclic amines) is 3. The molecule has 1 saturated carbocycles. The summed E-state index contributed by atoms with van der Waals surface area (Å²) in [6.07, 6.45) is 12.2. The van der Waals surface area contributed by atoms with Gasteiger partial charge < -0.3 is 72.7 Å². The van der Waals surface area contributed by atoms with Crippen LogP contribution in [0.1, 0.15) is 117 Å². The monoisotopic (exact) mass is 1900 g/mol. The number of hydrogen-bond donors (Lipinski definition) is 2. The van der Waals surface area contributed by atoms with Crippen LogP contribution in [-0.2, 0) is 16.5 Å². The fraction of sp³-hybridized carbons (Fsp3) is 0.278. The predicted molar refractivity (Wildman–Crippen MR) is 521 cm³/mol. The van der Waals surface area contributed by atoms with Gasteiger partial charge in [-0.1, -0.05) is 0 Å². The molecule has 0 spiro atoms. The predicted octanol–water partition coefficient (Wildman–Crippen LogP) is 19.9. The third kappa shape index (κ3) is 18.3. The molecule has 21 rings (SSSR count). The van der Waals surface area contributed by atoms with Crippen molar-refractivity contribution in [2.75, 3.05) is 95.8 Å². The number of nitrogens with one attached hydrogen (secondary N) is 1. The molecular weight excluding hydrogens is 1810 g/mol. The Bertz CT molecular complexity index is 7410. The maximum Gasteiger partial charge on any atom is 0.264 e. The average molecular weight is 1900 g/mol. The van der Waals surface area contributed by atoms with Gasteiger partial charge in [0, 0.05) is 220 Å². The minimum Gasteiger partial charge on any atom is -0.460 e. The van der Waals surface area contributed by atoms with E-state index in [0.29, 0.717) is 122 Å². The number of methoxy groups -OCH3 is 2. The minimum atomic E-state index is -0.435. The molecule has 0 unspecified atom stereocenters. The van der Waals surface area contributed by atoms with E-state index in [-0.39, 0.29) is 53.6 Å². The van der Waals surface area contributed by atoms with Gasteiger partial charge in [0.25, 0.3) is 41.4 Å². The number of aromatic nitrogens is 6. The van der Waals surface area contributed by atoms with Gasteiger partial charge >= 0.3 is 0 Å². The quantitative estimate of drug-likeness (QED) is 0.0760. The standard InChI is InChI=1S/C26H25N3O4S2.C25H25N3O5S.C23H20N4O2S2.C23H21N3O4S2/c1-14-23(25(30)28-15-3-4-15)18-6-5-16(11-21(18)34-14)33-20-7-9-27-19-12-22(35-24(19)20)26(31)29-10-8-17(13-29)32-2;1-14-22(25(30)27(2)3)17-6-5-15(11-20(17)32-14)33-19-7-9-26-18-12-21(34-23(18)19)24(29)28-10-8-16(13-28)31-4;1-13-21(23(28)26(2)3)15-6-5-14(11-19(15)30-13)29-18-8-9-24-16-12-20(31-22(16)18)17-7-10-25-27(17)4;1-12-20(23(29)25(2)3)15-5-4-14(8-18(15)31-12)30-17-6-7-24-16-9-19(32-21(16)17)22(28)26-10-13(27)11-26/h5-7,9,11-12,15,17H,3-4,8,10,13H2,1-2H3,(H,28,30);5-7,9,11-12,16H,8,10,13H2,1-4H3;5-12H,1-4H3;4-9,13,27H,10-11H2,1-3H3/t17-;16-;;/m11../s1. The summed E-state index contributed by atoms with van der Waals surface area (Å²) in [7, 11) is 15.8. The number of nitrogens with zero attached hydrogens (tertiary/aromatic N) is 12. The van der Waals surface area contributed by atoms with Crippen molar-refractivity contribution >= 4 is 203 Å². The zero-order valence-corrected chi connectivity index (χ0v) is 80.0. The second kappa shape index (κ2) is 37.5. The van der Waals surface area contributed by atoms with E-state index in [2.05, 4.69) is 36.4 Å². The minimum absolute atomic E-state index is 0.00554. The van der Waals surface area contributed by atoms with Crippen LogP contribution in [0, 0.1) is 27.7 Å². The molecule has 4 aliphatic rings. The fourth-order valence-electron chi connectivity index (χ4n) is 16.1. The molecule has 132 heavy (non-hydrogen) atoms. The van der Waals surface area contributed by atoms with Gasteiger partial charge in [-0.2, -0.15) is 5.10 Å². The number of aliphatic hydroxyl groups is 1. The molecule has 7 amide bonds. The van der Waals surface area contributed by atoms with Crippen LogP contribution in [0.15, 0.2) is 163 Å². The van der Waals surface area contributed by atoms with Gasteiger partial charge in [0.1, 0.15) is 57.3 Å². The number of aryl methyl sites for hydroxylation is 5. The smallest absolute Gasteiger partial charge is 0.264 e. The molecule has 676 valence electrons. The summed E-state index contributed by atoms with van der Waals surface area (Å²) in [5.74, 6) is 5.68. The lowest BCUT2D eigenvalue weighted by Gasteiger charge is -2.35. The van der Waals surface area contributed by atoms with Crippen molar-refractivity contribution in [2.45, 2.75) is 77.7 Å². The Balaban J connectivity index is 0.000000118. The highest BCUT2D eigenvalue weighted by Gasteiger charge is 2.35. The van der Waals surface area contributed by atoms with Gasteiger partial charge in [0.05, 0.1) is 107 Å². The van der Waals surface area contributed by atoms with Crippen LogP contribution in [0.3, 0.4) is 0 Å². The van der Waals surface area contributed by atoms with Crippen molar-refractivity contribution < 1.29 is 71.5 Å². The van der Waals surface area contributed by atoms with E-state index in [9.17, 15) is 38.7 Å². The van der Waals surface area contributed by atoms with Gasteiger partial charge in [0.15, 0.2) is 0 Å². The molecule has 0 radical (unpaired) electrons. The molecular formula is C97H91N13O15S7. The van der Waals surface area contributed by atoms with E-state index in [1.54, 1.807) is 179 Å². The van der Waals surface area contributed by atoms with Crippen molar-refractivity contribution in [1.29, 1.82) is 0 Å². The second-order valence-electron chi connectivity index (χ2n) is 33.1. The lowest BCUT2D eigenvalue weighted by atomic mass is 10.1. The average Bonchev–Trinajstić information content (AvgIpc) is 1.64. The van der Waals surface area contributed by atoms with E-state index >= 15 is 0 Å². The number of rotatable bonds is 19. The topological polar surface area (TPSA) is 309 Å². The number of furan rings is 1. The van der Waals surface area contributed by atoms with Crippen LogP contribution in [-0.4, -0.2) is 226 Å². The van der Waals surface area contributed by atoms with Gasteiger partial charge in [0.2, 0.25) is 0 Å². The first-order chi connectivity index (χ1) is 63.6. The first kappa shape index (κ1) is 89.9. The maximum absolute atomic E-state index is 13.0. The Morgan fingerprint density at radius 2 is 0.803 bits per heavy atom. The highest BCUT2D eigenvalue weighted by molar-refractivity contribution is 7.23. The lowest BCUT2D eigenvalue weighted by molar-refractivity contribution is 0.00623. The van der Waals surface area contributed by atoms with Crippen molar-refractivity contribution in [3.05, 3.63) is 216 Å². The van der Waals surface area contributed by atoms with Crippen LogP contribution in [0.2, 0.25) is 0 Å². The molecule has 4 aromatic carbocycles. The number of fused-ring (bicyclic) bond motifs is 8. The molecule has 28 nitrogen and oxygen atoms in total. The molecule has 3 aliphatic heterocycles. The molecule has 35 heteroatoms.